The molecule has 2 aromatic rings. The molecule has 3 rings (SSSR count). The third kappa shape index (κ3) is 7.44. The molecule has 1 aliphatic heterocycles. The summed E-state index contributed by atoms with van der Waals surface area (Å²) >= 11 is 0. The molecule has 0 radical (unpaired) electrons. The van der Waals surface area contributed by atoms with Crippen LogP contribution in [0.15, 0.2) is 42.5 Å². The van der Waals surface area contributed by atoms with Gasteiger partial charge in [-0.1, -0.05) is 6.07 Å². The minimum atomic E-state index is -0.416. The maximum Gasteiger partial charge on any atom is 0.323 e. The number of carbonyl (C=O) groups excluding carboxylic acids is 2. The van der Waals surface area contributed by atoms with Gasteiger partial charge in [0, 0.05) is 31.8 Å². The van der Waals surface area contributed by atoms with Crippen molar-refractivity contribution in [2.24, 2.45) is 0 Å². The molecule has 0 aromatic heterocycles. The Balaban J connectivity index is 1.89. The molecular weight excluding hydrogens is 460 g/mol. The van der Waals surface area contributed by atoms with Crippen LogP contribution >= 0.6 is 0 Å². The Hall–Kier alpha value is -3.61. The molecule has 9 nitrogen and oxygen atoms in total. The number of anilines is 3. The van der Waals surface area contributed by atoms with Gasteiger partial charge in [0.25, 0.3) is 0 Å². The van der Waals surface area contributed by atoms with E-state index in [0.717, 1.165) is 11.3 Å². The predicted molar refractivity (Wildman–Crippen MR) is 138 cm³/mol. The fraction of sp³-hybridized carbons (Fsp3) is 0.444. The summed E-state index contributed by atoms with van der Waals surface area (Å²) in [7, 11) is 1.59. The number of hydrogen-bond donors (Lipinski definition) is 2. The molecule has 2 amide bonds. The minimum Gasteiger partial charge on any atom is -0.466 e. The van der Waals surface area contributed by atoms with E-state index in [2.05, 4.69) is 21.6 Å². The lowest BCUT2D eigenvalue weighted by Crippen LogP contribution is -2.45. The van der Waals surface area contributed by atoms with Crippen molar-refractivity contribution in [2.45, 2.75) is 45.3 Å². The van der Waals surface area contributed by atoms with E-state index in [1.54, 1.807) is 38.3 Å². The fourth-order valence-electron chi connectivity index (χ4n) is 4.37. The number of nitriles is 1. The molecule has 36 heavy (non-hydrogen) atoms. The lowest BCUT2D eigenvalue weighted by Gasteiger charge is -2.38. The summed E-state index contributed by atoms with van der Waals surface area (Å²) in [5, 5.41) is 14.8. The van der Waals surface area contributed by atoms with E-state index in [9.17, 15) is 9.59 Å². The van der Waals surface area contributed by atoms with Gasteiger partial charge in [-0.05, 0) is 62.7 Å². The number of amides is 2. The Morgan fingerprint density at radius 1 is 1.14 bits per heavy atom. The average Bonchev–Trinajstić information content (AvgIpc) is 2.83. The molecule has 192 valence electrons. The topological polar surface area (TPSA) is 113 Å². The second-order valence-corrected chi connectivity index (χ2v) is 8.87. The van der Waals surface area contributed by atoms with Crippen LogP contribution in [0.3, 0.4) is 0 Å². The van der Waals surface area contributed by atoms with E-state index in [1.165, 1.54) is 0 Å². The lowest BCUT2D eigenvalue weighted by molar-refractivity contribution is -0.143. The minimum absolute atomic E-state index is 0.0406. The first kappa shape index (κ1) is 27.0. The van der Waals surface area contributed by atoms with E-state index in [1.807, 2.05) is 32.0 Å². The summed E-state index contributed by atoms with van der Waals surface area (Å²) in [6.45, 7) is 7.83. The van der Waals surface area contributed by atoms with Crippen molar-refractivity contribution < 1.29 is 23.8 Å². The van der Waals surface area contributed by atoms with Crippen molar-refractivity contribution in [3.8, 4) is 6.07 Å². The summed E-state index contributed by atoms with van der Waals surface area (Å²) < 4.78 is 16.4. The van der Waals surface area contributed by atoms with Crippen LogP contribution in [0.25, 0.3) is 0 Å². The largest absolute Gasteiger partial charge is 0.466 e. The standard InChI is InChI=1S/C27H34N4O5/c1-5-35-26(32)13-22(17-34-4)21-8-11-25(31-15-18(2)36-19(3)16-31)24(12-21)30-27(33)29-23-9-6-20(14-28)7-10-23/h6-12,18-19,22H,5,13,15-17H2,1-4H3,(H2,29,30,33)/t18-,19+,22?. The quantitative estimate of drug-likeness (QED) is 0.494. The highest BCUT2D eigenvalue weighted by Gasteiger charge is 2.26. The van der Waals surface area contributed by atoms with Gasteiger partial charge in [-0.3, -0.25) is 4.79 Å². The van der Waals surface area contributed by atoms with Gasteiger partial charge in [-0.25, -0.2) is 4.79 Å². The van der Waals surface area contributed by atoms with E-state index in [-0.39, 0.29) is 30.5 Å². The van der Waals surface area contributed by atoms with E-state index in [0.29, 0.717) is 43.2 Å². The van der Waals surface area contributed by atoms with Crippen LogP contribution in [0, 0.1) is 11.3 Å². The van der Waals surface area contributed by atoms with Crippen molar-refractivity contribution in [2.75, 3.05) is 48.9 Å². The van der Waals surface area contributed by atoms with Gasteiger partial charge in [0.1, 0.15) is 0 Å². The van der Waals surface area contributed by atoms with Crippen molar-refractivity contribution in [1.82, 2.24) is 0 Å². The zero-order valence-electron chi connectivity index (χ0n) is 21.2. The third-order valence-electron chi connectivity index (χ3n) is 5.86. The highest BCUT2D eigenvalue weighted by molar-refractivity contribution is 6.02. The summed E-state index contributed by atoms with van der Waals surface area (Å²) in [5.41, 5.74) is 3.42. The van der Waals surface area contributed by atoms with E-state index >= 15 is 0 Å². The second kappa shape index (κ2) is 12.9. The molecule has 1 unspecified atom stereocenters. The smallest absolute Gasteiger partial charge is 0.323 e. The van der Waals surface area contributed by atoms with E-state index in [4.69, 9.17) is 19.5 Å². The van der Waals surface area contributed by atoms with Crippen molar-refractivity contribution in [1.29, 1.82) is 5.26 Å². The number of carbonyl (C=O) groups is 2. The second-order valence-electron chi connectivity index (χ2n) is 8.87. The summed E-state index contributed by atoms with van der Waals surface area (Å²) in [6, 6.07) is 14.1. The normalized spacial score (nSPS) is 18.1. The van der Waals surface area contributed by atoms with Gasteiger partial charge in [0.05, 0.1) is 54.8 Å². The first-order chi connectivity index (χ1) is 17.3. The average molecular weight is 495 g/mol. The highest BCUT2D eigenvalue weighted by Crippen LogP contribution is 2.33. The molecule has 0 saturated carbocycles. The van der Waals surface area contributed by atoms with Gasteiger partial charge in [0.15, 0.2) is 0 Å². The van der Waals surface area contributed by atoms with Crippen LogP contribution < -0.4 is 15.5 Å². The zero-order chi connectivity index (χ0) is 26.1. The number of ether oxygens (including phenoxy) is 3. The fourth-order valence-corrected chi connectivity index (χ4v) is 4.37. The van der Waals surface area contributed by atoms with Crippen LogP contribution in [-0.4, -0.2) is 57.6 Å². The van der Waals surface area contributed by atoms with E-state index < -0.39 is 6.03 Å². The van der Waals surface area contributed by atoms with Crippen LogP contribution in [0.2, 0.25) is 0 Å². The first-order valence-corrected chi connectivity index (χ1v) is 12.1. The van der Waals surface area contributed by atoms with Gasteiger partial charge >= 0.3 is 12.0 Å². The molecule has 0 spiro atoms. The number of benzene rings is 2. The van der Waals surface area contributed by atoms with Gasteiger partial charge in [-0.15, -0.1) is 0 Å². The summed E-state index contributed by atoms with van der Waals surface area (Å²) in [6.07, 6.45) is 0.251. The number of nitrogens with one attached hydrogen (secondary N) is 2. The number of hydrogen-bond acceptors (Lipinski definition) is 7. The Labute approximate surface area is 212 Å². The lowest BCUT2D eigenvalue weighted by atomic mass is 9.95. The van der Waals surface area contributed by atoms with Crippen molar-refractivity contribution in [3.63, 3.8) is 0 Å². The third-order valence-corrected chi connectivity index (χ3v) is 5.86. The molecule has 3 atom stereocenters. The van der Waals surface area contributed by atoms with Gasteiger partial charge in [0.2, 0.25) is 0 Å². The molecule has 1 fully saturated rings. The number of esters is 1. The highest BCUT2D eigenvalue weighted by atomic mass is 16.5. The molecule has 1 saturated heterocycles. The molecule has 0 bridgehead atoms. The van der Waals surface area contributed by atoms with Crippen LogP contribution in [0.1, 0.15) is 44.2 Å². The molecule has 1 aliphatic rings. The van der Waals surface area contributed by atoms with Crippen molar-refractivity contribution >= 4 is 29.1 Å². The first-order valence-electron chi connectivity index (χ1n) is 12.1. The number of rotatable bonds is 9. The Kier molecular flexibility index (Phi) is 9.68. The van der Waals surface area contributed by atoms with Crippen LogP contribution in [0.5, 0.6) is 0 Å². The molecule has 2 aromatic carbocycles. The van der Waals surface area contributed by atoms with Gasteiger partial charge < -0.3 is 29.7 Å². The number of nitrogens with zero attached hydrogens (tertiary/aromatic N) is 2. The Morgan fingerprint density at radius 2 is 1.83 bits per heavy atom. The molecule has 9 heteroatoms. The maximum atomic E-state index is 12.9. The maximum absolute atomic E-state index is 12.9. The molecule has 1 heterocycles. The summed E-state index contributed by atoms with van der Waals surface area (Å²) in [4.78, 5) is 27.3. The SMILES string of the molecule is CCOC(=O)CC(COC)c1ccc(N2C[C@@H](C)O[C@@H](C)C2)c(NC(=O)Nc2ccc(C#N)cc2)c1. The molecular formula is C27H34N4O5. The number of methoxy groups -OCH3 is 1. The van der Waals surface area contributed by atoms with Gasteiger partial charge in [-0.2, -0.15) is 5.26 Å². The number of urea groups is 1. The van der Waals surface area contributed by atoms with Crippen LogP contribution in [0.4, 0.5) is 21.9 Å². The summed E-state index contributed by atoms with van der Waals surface area (Å²) in [5.74, 6) is -0.528. The van der Waals surface area contributed by atoms with Crippen LogP contribution in [-0.2, 0) is 19.0 Å². The monoisotopic (exact) mass is 494 g/mol. The Morgan fingerprint density at radius 3 is 2.44 bits per heavy atom. The van der Waals surface area contributed by atoms with Crippen molar-refractivity contribution in [3.05, 3.63) is 53.6 Å². The Bertz CT molecular complexity index is 1070. The zero-order valence-corrected chi connectivity index (χ0v) is 21.2. The molecule has 2 N–H and O–H groups in total. The molecule has 0 aliphatic carbocycles. The predicted octanol–water partition coefficient (Wildman–Crippen LogP) is 4.50. The number of morpholine rings is 1.